The van der Waals surface area contributed by atoms with Crippen molar-refractivity contribution in [3.8, 4) is 11.5 Å². The molecule has 0 unspecified atom stereocenters. The second kappa shape index (κ2) is 6.11. The van der Waals surface area contributed by atoms with Gasteiger partial charge >= 0.3 is 5.97 Å². The van der Waals surface area contributed by atoms with Crippen molar-refractivity contribution in [3.63, 3.8) is 0 Å². The molecule has 1 aromatic rings. The van der Waals surface area contributed by atoms with Crippen molar-refractivity contribution in [2.45, 2.75) is 37.6 Å². The zero-order valence-corrected chi connectivity index (χ0v) is 15.1. The molecular weight excluding hydrogens is 338 g/mol. The molecule has 26 heavy (non-hydrogen) atoms. The molecule has 1 spiro atoms. The zero-order chi connectivity index (χ0) is 18.5. The van der Waals surface area contributed by atoms with E-state index in [2.05, 4.69) is 0 Å². The van der Waals surface area contributed by atoms with Gasteiger partial charge in [-0.05, 0) is 26.3 Å². The van der Waals surface area contributed by atoms with Crippen LogP contribution in [0.3, 0.4) is 0 Å². The predicted octanol–water partition coefficient (Wildman–Crippen LogP) is 1.80. The highest BCUT2D eigenvalue weighted by Gasteiger charge is 2.54. The number of nitrogens with zero attached hydrogens (tertiary/aromatic N) is 1. The number of hydrogen-bond donors (Lipinski definition) is 2. The van der Waals surface area contributed by atoms with Crippen molar-refractivity contribution in [2.75, 3.05) is 32.8 Å². The van der Waals surface area contributed by atoms with Crippen LogP contribution in [-0.2, 0) is 14.3 Å². The van der Waals surface area contributed by atoms with E-state index in [1.807, 2.05) is 24.8 Å². The molecular formula is C19H25NO6. The fourth-order valence-electron chi connectivity index (χ4n) is 4.52. The zero-order valence-electron chi connectivity index (χ0n) is 15.1. The Morgan fingerprint density at radius 2 is 2.19 bits per heavy atom. The highest BCUT2D eigenvalue weighted by Crippen LogP contribution is 2.54. The van der Waals surface area contributed by atoms with Gasteiger partial charge in [-0.25, -0.2) is 0 Å². The summed E-state index contributed by atoms with van der Waals surface area (Å²) in [5.74, 6) is -0.177. The summed E-state index contributed by atoms with van der Waals surface area (Å²) in [6.07, 6.45) is 0.542. The number of carboxylic acids is 1. The van der Waals surface area contributed by atoms with E-state index in [1.165, 1.54) is 0 Å². The Bertz CT molecular complexity index is 720. The van der Waals surface area contributed by atoms with Gasteiger partial charge < -0.3 is 24.4 Å². The Balaban J connectivity index is 1.61. The van der Waals surface area contributed by atoms with Gasteiger partial charge in [0, 0.05) is 24.6 Å². The summed E-state index contributed by atoms with van der Waals surface area (Å²) in [5, 5.41) is 19.3. The summed E-state index contributed by atoms with van der Waals surface area (Å²) in [4.78, 5) is 13.0. The van der Waals surface area contributed by atoms with Gasteiger partial charge in [0.1, 0.15) is 11.2 Å². The van der Waals surface area contributed by atoms with Gasteiger partial charge in [-0.1, -0.05) is 12.1 Å². The summed E-state index contributed by atoms with van der Waals surface area (Å²) in [7, 11) is 0. The van der Waals surface area contributed by atoms with Crippen molar-refractivity contribution < 1.29 is 29.2 Å². The van der Waals surface area contributed by atoms with Crippen LogP contribution in [0.5, 0.6) is 11.5 Å². The average Bonchev–Trinajstić information content (AvgIpc) is 2.56. The van der Waals surface area contributed by atoms with E-state index in [9.17, 15) is 9.90 Å². The lowest BCUT2D eigenvalue weighted by Gasteiger charge is -2.54. The molecule has 3 atom stereocenters. The molecule has 7 nitrogen and oxygen atoms in total. The van der Waals surface area contributed by atoms with Crippen molar-refractivity contribution in [2.24, 2.45) is 5.92 Å². The number of phenols is 1. The summed E-state index contributed by atoms with van der Waals surface area (Å²) >= 11 is 0. The molecule has 2 fully saturated rings. The number of benzene rings is 1. The van der Waals surface area contributed by atoms with E-state index < -0.39 is 17.2 Å². The van der Waals surface area contributed by atoms with E-state index >= 15 is 0 Å². The number of carboxylic acid groups (broad SMARTS) is 1. The first-order valence-electron chi connectivity index (χ1n) is 9.00. The van der Waals surface area contributed by atoms with Gasteiger partial charge in [-0.15, -0.1) is 0 Å². The first-order chi connectivity index (χ1) is 12.3. The van der Waals surface area contributed by atoms with E-state index in [-0.39, 0.29) is 24.3 Å². The van der Waals surface area contributed by atoms with Crippen LogP contribution in [0.25, 0.3) is 0 Å². The summed E-state index contributed by atoms with van der Waals surface area (Å²) in [6, 6.07) is 5.35. The third-order valence-electron chi connectivity index (χ3n) is 5.76. The first kappa shape index (κ1) is 17.6. The molecule has 1 aromatic carbocycles. The van der Waals surface area contributed by atoms with E-state index in [4.69, 9.17) is 19.3 Å². The van der Waals surface area contributed by atoms with Crippen molar-refractivity contribution in [1.29, 1.82) is 0 Å². The molecule has 3 aliphatic rings. The second-order valence-electron chi connectivity index (χ2n) is 8.08. The largest absolute Gasteiger partial charge is 0.504 e. The molecule has 4 rings (SSSR count). The third kappa shape index (κ3) is 2.94. The predicted molar refractivity (Wildman–Crippen MR) is 92.4 cm³/mol. The van der Waals surface area contributed by atoms with E-state index in [0.717, 1.165) is 12.0 Å². The Hall–Kier alpha value is -1.83. The molecule has 0 aliphatic carbocycles. The van der Waals surface area contributed by atoms with Gasteiger partial charge in [0.2, 0.25) is 0 Å². The molecule has 3 aliphatic heterocycles. The summed E-state index contributed by atoms with van der Waals surface area (Å²) < 4.78 is 18.5. The molecule has 3 heterocycles. The third-order valence-corrected chi connectivity index (χ3v) is 5.76. The van der Waals surface area contributed by atoms with Crippen molar-refractivity contribution >= 4 is 5.97 Å². The van der Waals surface area contributed by atoms with Gasteiger partial charge in [-0.2, -0.15) is 0 Å². The van der Waals surface area contributed by atoms with E-state index in [1.54, 1.807) is 12.1 Å². The quantitative estimate of drug-likeness (QED) is 0.828. The van der Waals surface area contributed by atoms with Crippen molar-refractivity contribution in [1.82, 2.24) is 4.90 Å². The first-order valence-corrected chi connectivity index (χ1v) is 9.00. The molecule has 0 aromatic heterocycles. The number of para-hydroxylation sites is 1. The molecule has 7 heteroatoms. The minimum atomic E-state index is -0.831. The maximum Gasteiger partial charge on any atom is 0.317 e. The van der Waals surface area contributed by atoms with Crippen LogP contribution in [0.4, 0.5) is 0 Å². The van der Waals surface area contributed by atoms with E-state index in [0.29, 0.717) is 32.1 Å². The minimum absolute atomic E-state index is 0.00973. The van der Waals surface area contributed by atoms with Crippen LogP contribution in [0.2, 0.25) is 0 Å². The van der Waals surface area contributed by atoms with Gasteiger partial charge in [0.05, 0.1) is 25.9 Å². The highest BCUT2D eigenvalue weighted by atomic mass is 16.6. The van der Waals surface area contributed by atoms with Crippen LogP contribution in [-0.4, -0.2) is 65.1 Å². The lowest BCUT2D eigenvalue weighted by molar-refractivity contribution is -0.230. The van der Waals surface area contributed by atoms with Gasteiger partial charge in [0.25, 0.3) is 0 Å². The van der Waals surface area contributed by atoms with Crippen LogP contribution < -0.4 is 4.74 Å². The lowest BCUT2D eigenvalue weighted by Crippen LogP contribution is -2.61. The fraction of sp³-hybridized carbons (Fsp3) is 0.632. The topological polar surface area (TPSA) is 88.5 Å². The number of hydrogen-bond acceptors (Lipinski definition) is 6. The van der Waals surface area contributed by atoms with Crippen LogP contribution in [0.15, 0.2) is 18.2 Å². The molecule has 0 radical (unpaired) electrons. The number of aromatic hydroxyl groups is 1. The Labute approximate surface area is 152 Å². The number of phenolic OH excluding ortho intramolecular Hbond substituents is 1. The summed E-state index contributed by atoms with van der Waals surface area (Å²) in [6.45, 7) is 6.04. The number of morpholine rings is 1. The standard InChI is InChI=1S/C19H25NO6/c1-18(2)13-8-19(10-20(6-7-25-19)9-15(22)23)11-24-16(13)12-4-3-5-14(21)17(12)26-18/h3-5,13,16,21H,6-11H2,1-2H3,(H,22,23)/t13-,16+,19+/m0/s1. The number of fused-ring (bicyclic) bond motifs is 3. The average molecular weight is 363 g/mol. The molecule has 142 valence electrons. The number of rotatable bonds is 2. The lowest BCUT2D eigenvalue weighted by atomic mass is 9.71. The van der Waals surface area contributed by atoms with Gasteiger partial charge in [0.15, 0.2) is 11.5 Å². The second-order valence-corrected chi connectivity index (χ2v) is 8.08. The minimum Gasteiger partial charge on any atom is -0.504 e. The van der Waals surface area contributed by atoms with Crippen molar-refractivity contribution in [3.05, 3.63) is 23.8 Å². The molecule has 0 amide bonds. The number of aliphatic carboxylic acids is 1. The maximum absolute atomic E-state index is 11.1. The fourth-order valence-corrected chi connectivity index (χ4v) is 4.52. The van der Waals surface area contributed by atoms with Crippen LogP contribution in [0, 0.1) is 5.92 Å². The maximum atomic E-state index is 11.1. The molecule has 2 saturated heterocycles. The Morgan fingerprint density at radius 3 is 2.96 bits per heavy atom. The molecule has 0 bridgehead atoms. The molecule has 2 N–H and O–H groups in total. The number of carbonyl (C=O) groups is 1. The highest BCUT2D eigenvalue weighted by molar-refractivity contribution is 5.69. The SMILES string of the molecule is CC1(C)Oc2c(O)cccc2[C@H]2OC[C@@]3(C[C@@H]21)CN(CC(=O)O)CCO3. The smallest absolute Gasteiger partial charge is 0.317 e. The van der Waals surface area contributed by atoms with Crippen LogP contribution >= 0.6 is 0 Å². The Morgan fingerprint density at radius 1 is 1.38 bits per heavy atom. The monoisotopic (exact) mass is 363 g/mol. The normalized spacial score (nSPS) is 33.2. The van der Waals surface area contributed by atoms with Crippen LogP contribution in [0.1, 0.15) is 31.9 Å². The van der Waals surface area contributed by atoms with Gasteiger partial charge in [-0.3, -0.25) is 9.69 Å². The Kier molecular flexibility index (Phi) is 4.13. The summed E-state index contributed by atoms with van der Waals surface area (Å²) in [5.41, 5.74) is -0.200. The molecule has 0 saturated carbocycles. The number of ether oxygens (including phenoxy) is 3.